The summed E-state index contributed by atoms with van der Waals surface area (Å²) in [5.74, 6) is -0.0712. The number of rotatable bonds is 8. The van der Waals surface area contributed by atoms with E-state index in [9.17, 15) is 13.2 Å². The van der Waals surface area contributed by atoms with Crippen LogP contribution in [-0.4, -0.2) is 20.1 Å². The van der Waals surface area contributed by atoms with Gasteiger partial charge in [0, 0.05) is 11.4 Å². The van der Waals surface area contributed by atoms with Crippen molar-refractivity contribution >= 4 is 27.3 Å². The van der Waals surface area contributed by atoms with Gasteiger partial charge in [0.05, 0.1) is 12.2 Å². The van der Waals surface area contributed by atoms with Crippen molar-refractivity contribution in [2.45, 2.75) is 53.9 Å². The van der Waals surface area contributed by atoms with Crippen LogP contribution in [0.1, 0.15) is 51.3 Å². The topological polar surface area (TPSA) is 75.3 Å². The lowest BCUT2D eigenvalue weighted by Gasteiger charge is -2.21. The van der Waals surface area contributed by atoms with E-state index < -0.39 is 10.0 Å². The van der Waals surface area contributed by atoms with Gasteiger partial charge in [0.15, 0.2) is 0 Å². The molecule has 0 spiro atoms. The number of hydrogen-bond donors (Lipinski definition) is 2. The summed E-state index contributed by atoms with van der Waals surface area (Å²) < 4.78 is 26.4. The first-order chi connectivity index (χ1) is 13.5. The van der Waals surface area contributed by atoms with Gasteiger partial charge >= 0.3 is 0 Å². The van der Waals surface area contributed by atoms with Crippen LogP contribution in [0.4, 0.5) is 11.4 Å². The quantitative estimate of drug-likeness (QED) is 0.650. The number of sulfonamides is 1. The molecule has 0 aromatic heterocycles. The molecule has 0 radical (unpaired) electrons. The van der Waals surface area contributed by atoms with Crippen molar-refractivity contribution in [1.29, 1.82) is 0 Å². The summed E-state index contributed by atoms with van der Waals surface area (Å²) in [5.41, 5.74) is 4.38. The van der Waals surface area contributed by atoms with E-state index in [1.165, 1.54) is 5.56 Å². The molecule has 0 saturated carbocycles. The number of hydrogen-bond acceptors (Lipinski definition) is 3. The lowest BCUT2D eigenvalue weighted by Crippen LogP contribution is -2.19. The normalized spacial score (nSPS) is 11.9. The molecule has 2 aromatic rings. The molecule has 2 N–H and O–H groups in total. The Morgan fingerprint density at radius 1 is 0.966 bits per heavy atom. The molecule has 0 saturated heterocycles. The maximum Gasteiger partial charge on any atom is 0.232 e. The van der Waals surface area contributed by atoms with Crippen molar-refractivity contribution in [3.63, 3.8) is 0 Å². The van der Waals surface area contributed by atoms with E-state index in [1.807, 2.05) is 36.4 Å². The largest absolute Gasteiger partial charge is 0.326 e. The minimum absolute atomic E-state index is 0.00291. The van der Waals surface area contributed by atoms with E-state index in [4.69, 9.17) is 0 Å². The van der Waals surface area contributed by atoms with Crippen LogP contribution in [-0.2, 0) is 34.1 Å². The van der Waals surface area contributed by atoms with Gasteiger partial charge in [-0.2, -0.15) is 0 Å². The molecule has 0 aliphatic heterocycles. The molecule has 0 atom stereocenters. The van der Waals surface area contributed by atoms with E-state index in [-0.39, 0.29) is 23.5 Å². The summed E-state index contributed by atoms with van der Waals surface area (Å²) in [6.45, 7) is 10.0. The van der Waals surface area contributed by atoms with Crippen LogP contribution in [0.3, 0.4) is 0 Å². The second kappa shape index (κ2) is 9.44. The Morgan fingerprint density at radius 2 is 1.69 bits per heavy atom. The van der Waals surface area contributed by atoms with Crippen LogP contribution in [0.15, 0.2) is 42.5 Å². The Balaban J connectivity index is 2.24. The summed E-state index contributed by atoms with van der Waals surface area (Å²) >= 11 is 0. The lowest BCUT2D eigenvalue weighted by atomic mass is 9.85. The average Bonchev–Trinajstić information content (AvgIpc) is 2.62. The molecular weight excluding hydrogens is 384 g/mol. The molecule has 0 aliphatic carbocycles. The minimum Gasteiger partial charge on any atom is -0.326 e. The number of amides is 1. The molecular formula is C23H32N2O3S. The number of carbonyl (C=O) groups excluding carboxylic acids is 1. The number of anilines is 2. The van der Waals surface area contributed by atoms with Crippen LogP contribution in [0, 0.1) is 5.41 Å². The van der Waals surface area contributed by atoms with Crippen molar-refractivity contribution in [3.05, 3.63) is 59.2 Å². The number of carbonyl (C=O) groups is 1. The molecule has 0 aliphatic rings. The molecule has 0 unspecified atom stereocenters. The fraction of sp³-hybridized carbons (Fsp3) is 0.435. The predicted molar refractivity (Wildman–Crippen MR) is 121 cm³/mol. The van der Waals surface area contributed by atoms with Gasteiger partial charge < -0.3 is 5.32 Å². The van der Waals surface area contributed by atoms with Gasteiger partial charge in [0.1, 0.15) is 0 Å². The van der Waals surface area contributed by atoms with Crippen molar-refractivity contribution < 1.29 is 13.2 Å². The summed E-state index contributed by atoms with van der Waals surface area (Å²) in [6, 6.07) is 13.3. The highest BCUT2D eigenvalue weighted by Gasteiger charge is 2.17. The molecule has 5 nitrogen and oxygen atoms in total. The molecule has 2 aromatic carbocycles. The maximum atomic E-state index is 12.6. The highest BCUT2D eigenvalue weighted by Crippen LogP contribution is 2.26. The summed E-state index contributed by atoms with van der Waals surface area (Å²) in [4.78, 5) is 12.6. The molecule has 29 heavy (non-hydrogen) atoms. The van der Waals surface area contributed by atoms with Gasteiger partial charge in [-0.3, -0.25) is 9.52 Å². The van der Waals surface area contributed by atoms with Gasteiger partial charge in [-0.05, 0) is 66.1 Å². The molecule has 6 heteroatoms. The second-order valence-electron chi connectivity index (χ2n) is 8.51. The van der Waals surface area contributed by atoms with Crippen LogP contribution in [0.2, 0.25) is 0 Å². The zero-order chi connectivity index (χ0) is 21.7. The van der Waals surface area contributed by atoms with Crippen molar-refractivity contribution in [3.8, 4) is 0 Å². The number of nitrogens with one attached hydrogen (secondary N) is 2. The van der Waals surface area contributed by atoms with Gasteiger partial charge in [-0.25, -0.2) is 8.42 Å². The third-order valence-corrected chi connectivity index (χ3v) is 5.86. The highest BCUT2D eigenvalue weighted by atomic mass is 32.2. The third kappa shape index (κ3) is 7.54. The van der Waals surface area contributed by atoms with Crippen LogP contribution in [0.5, 0.6) is 0 Å². The third-order valence-electron chi connectivity index (χ3n) is 4.55. The zero-order valence-electron chi connectivity index (χ0n) is 18.0. The summed E-state index contributed by atoms with van der Waals surface area (Å²) in [6.07, 6.45) is 1.89. The second-order valence-corrected chi connectivity index (χ2v) is 10.5. The van der Waals surface area contributed by atoms with E-state index in [0.717, 1.165) is 29.7 Å². The van der Waals surface area contributed by atoms with E-state index in [2.05, 4.69) is 37.7 Å². The zero-order valence-corrected chi connectivity index (χ0v) is 18.8. The van der Waals surface area contributed by atoms with Gasteiger partial charge in [-0.1, -0.05) is 45.9 Å². The van der Waals surface area contributed by atoms with E-state index in [0.29, 0.717) is 5.69 Å². The number of aryl methyl sites for hydroxylation is 1. The molecule has 0 heterocycles. The van der Waals surface area contributed by atoms with Crippen LogP contribution in [0.25, 0.3) is 0 Å². The smallest absolute Gasteiger partial charge is 0.232 e. The SMILES string of the molecule is CCc1cccc(NC(=O)Cc2ccc(NS(=O)(=O)CC)cc2CC(C)(C)C)c1. The summed E-state index contributed by atoms with van der Waals surface area (Å²) in [5, 5.41) is 2.97. The Labute approximate surface area is 175 Å². The standard InChI is InChI=1S/C23H32N2O3S/c1-6-17-9-8-10-20(13-17)24-22(26)15-18-11-12-21(25-29(27,28)7-2)14-19(18)16-23(3,4)5/h8-14,25H,6-7,15-16H2,1-5H3,(H,24,26). The Hall–Kier alpha value is -2.34. The van der Waals surface area contributed by atoms with E-state index >= 15 is 0 Å². The van der Waals surface area contributed by atoms with Gasteiger partial charge in [0.25, 0.3) is 0 Å². The lowest BCUT2D eigenvalue weighted by molar-refractivity contribution is -0.115. The highest BCUT2D eigenvalue weighted by molar-refractivity contribution is 7.92. The molecule has 2 rings (SSSR count). The molecule has 0 fully saturated rings. The van der Waals surface area contributed by atoms with Crippen molar-refractivity contribution in [1.82, 2.24) is 0 Å². The van der Waals surface area contributed by atoms with E-state index in [1.54, 1.807) is 13.0 Å². The summed E-state index contributed by atoms with van der Waals surface area (Å²) in [7, 11) is -3.35. The maximum absolute atomic E-state index is 12.6. The monoisotopic (exact) mass is 416 g/mol. The molecule has 0 bridgehead atoms. The molecule has 158 valence electrons. The fourth-order valence-electron chi connectivity index (χ4n) is 3.10. The van der Waals surface area contributed by atoms with Crippen LogP contribution < -0.4 is 10.0 Å². The van der Waals surface area contributed by atoms with Crippen LogP contribution >= 0.6 is 0 Å². The van der Waals surface area contributed by atoms with Gasteiger partial charge in [-0.15, -0.1) is 0 Å². The Kier molecular flexibility index (Phi) is 7.47. The first kappa shape index (κ1) is 22.9. The Morgan fingerprint density at radius 3 is 2.31 bits per heavy atom. The fourth-order valence-corrected chi connectivity index (χ4v) is 3.73. The predicted octanol–water partition coefficient (Wildman–Crippen LogP) is 4.78. The first-order valence-electron chi connectivity index (χ1n) is 10.0. The molecule has 1 amide bonds. The van der Waals surface area contributed by atoms with Gasteiger partial charge in [0.2, 0.25) is 15.9 Å². The first-order valence-corrected chi connectivity index (χ1v) is 11.7. The van der Waals surface area contributed by atoms with Crippen molar-refractivity contribution in [2.75, 3.05) is 15.8 Å². The average molecular weight is 417 g/mol. The van der Waals surface area contributed by atoms with Crippen molar-refractivity contribution in [2.24, 2.45) is 5.41 Å². The number of benzene rings is 2. The Bertz CT molecular complexity index is 960. The minimum atomic E-state index is -3.35.